The molecule has 0 bridgehead atoms. The van der Waals surface area contributed by atoms with Crippen LogP contribution in [0.15, 0.2) is 42.5 Å². The first-order chi connectivity index (χ1) is 10.1. The van der Waals surface area contributed by atoms with Gasteiger partial charge in [-0.3, -0.25) is 4.79 Å². The van der Waals surface area contributed by atoms with Crippen LogP contribution in [0.25, 0.3) is 0 Å². The van der Waals surface area contributed by atoms with E-state index < -0.39 is 0 Å². The molecule has 5 heteroatoms. The number of aryl methyl sites for hydroxylation is 1. The van der Waals surface area contributed by atoms with Gasteiger partial charge in [-0.25, -0.2) is 0 Å². The third kappa shape index (κ3) is 4.39. The molecule has 0 saturated carbocycles. The molecule has 0 spiro atoms. The zero-order chi connectivity index (χ0) is 15.2. The predicted molar refractivity (Wildman–Crippen MR) is 84.9 cm³/mol. The van der Waals surface area contributed by atoms with E-state index in [1.165, 1.54) is 0 Å². The van der Waals surface area contributed by atoms with Crippen LogP contribution in [0.4, 0.5) is 5.69 Å². The summed E-state index contributed by atoms with van der Waals surface area (Å²) in [4.78, 5) is 11.9. The van der Waals surface area contributed by atoms with E-state index in [1.807, 2.05) is 13.0 Å². The van der Waals surface area contributed by atoms with Crippen molar-refractivity contribution in [3.63, 3.8) is 0 Å². The van der Waals surface area contributed by atoms with Crippen molar-refractivity contribution in [2.45, 2.75) is 6.92 Å². The number of anilines is 1. The Kier molecular flexibility index (Phi) is 5.06. The molecule has 0 unspecified atom stereocenters. The van der Waals surface area contributed by atoms with E-state index in [0.717, 1.165) is 17.0 Å². The molecule has 0 saturated heterocycles. The highest BCUT2D eigenvalue weighted by Gasteiger charge is 2.05. The molecule has 110 valence electrons. The summed E-state index contributed by atoms with van der Waals surface area (Å²) in [5, 5.41) is 3.31. The number of halogens is 1. The fraction of sp³-hybridized carbons (Fsp3) is 0.188. The smallest absolute Gasteiger partial charge is 0.251 e. The Morgan fingerprint density at radius 1 is 1.29 bits per heavy atom. The van der Waals surface area contributed by atoms with Crippen LogP contribution in [-0.2, 0) is 0 Å². The maximum absolute atomic E-state index is 11.9. The molecule has 0 aromatic heterocycles. The summed E-state index contributed by atoms with van der Waals surface area (Å²) in [6.45, 7) is 2.72. The second kappa shape index (κ2) is 6.99. The molecule has 2 rings (SSSR count). The van der Waals surface area contributed by atoms with Crippen molar-refractivity contribution in [3.05, 3.63) is 58.6 Å². The van der Waals surface area contributed by atoms with Gasteiger partial charge in [-0.15, -0.1) is 0 Å². The summed E-state index contributed by atoms with van der Waals surface area (Å²) in [6.07, 6.45) is 0. The normalized spacial score (nSPS) is 10.2. The Hall–Kier alpha value is -2.20. The van der Waals surface area contributed by atoms with Crippen LogP contribution < -0.4 is 15.8 Å². The lowest BCUT2D eigenvalue weighted by Crippen LogP contribution is -2.28. The largest absolute Gasteiger partial charge is 0.492 e. The molecule has 0 aliphatic carbocycles. The number of nitrogens with two attached hydrogens (primary N) is 1. The van der Waals surface area contributed by atoms with Gasteiger partial charge in [-0.05, 0) is 48.9 Å². The van der Waals surface area contributed by atoms with Gasteiger partial charge in [0.25, 0.3) is 5.91 Å². The molecule has 1 amide bonds. The average molecular weight is 305 g/mol. The van der Waals surface area contributed by atoms with Crippen molar-refractivity contribution in [1.29, 1.82) is 0 Å². The fourth-order valence-corrected chi connectivity index (χ4v) is 1.99. The quantitative estimate of drug-likeness (QED) is 0.659. The molecular weight excluding hydrogens is 288 g/mol. The van der Waals surface area contributed by atoms with Crippen LogP contribution in [0.2, 0.25) is 5.02 Å². The van der Waals surface area contributed by atoms with E-state index in [-0.39, 0.29) is 5.91 Å². The number of hydrogen-bond acceptors (Lipinski definition) is 3. The van der Waals surface area contributed by atoms with Gasteiger partial charge < -0.3 is 15.8 Å². The summed E-state index contributed by atoms with van der Waals surface area (Å²) in [5.74, 6) is 0.563. The average Bonchev–Trinajstić information content (AvgIpc) is 2.47. The third-order valence-electron chi connectivity index (χ3n) is 2.98. The highest BCUT2D eigenvalue weighted by atomic mass is 35.5. The lowest BCUT2D eigenvalue weighted by atomic mass is 10.2. The molecule has 0 atom stereocenters. The minimum Gasteiger partial charge on any atom is -0.492 e. The van der Waals surface area contributed by atoms with Crippen molar-refractivity contribution >= 4 is 23.2 Å². The number of amides is 1. The molecule has 21 heavy (non-hydrogen) atoms. The SMILES string of the molecule is Cc1cc(OCCNC(=O)c2cccc(Cl)c2)ccc1N. The lowest BCUT2D eigenvalue weighted by molar-refractivity contribution is 0.0947. The van der Waals surface area contributed by atoms with Crippen molar-refractivity contribution in [2.24, 2.45) is 0 Å². The summed E-state index contributed by atoms with van der Waals surface area (Å²) >= 11 is 5.84. The number of carbonyl (C=O) groups is 1. The van der Waals surface area contributed by atoms with Crippen LogP contribution in [0.3, 0.4) is 0 Å². The number of rotatable bonds is 5. The van der Waals surface area contributed by atoms with Crippen LogP contribution in [0.1, 0.15) is 15.9 Å². The van der Waals surface area contributed by atoms with E-state index in [4.69, 9.17) is 22.1 Å². The van der Waals surface area contributed by atoms with Gasteiger partial charge in [0.1, 0.15) is 12.4 Å². The van der Waals surface area contributed by atoms with Gasteiger partial charge in [0.2, 0.25) is 0 Å². The molecule has 2 aromatic carbocycles. The number of nitrogens with one attached hydrogen (secondary N) is 1. The number of benzene rings is 2. The summed E-state index contributed by atoms with van der Waals surface area (Å²) in [6, 6.07) is 12.3. The maximum Gasteiger partial charge on any atom is 0.251 e. The second-order valence-corrected chi connectivity index (χ2v) is 5.07. The molecule has 0 radical (unpaired) electrons. The zero-order valence-electron chi connectivity index (χ0n) is 11.7. The fourth-order valence-electron chi connectivity index (χ4n) is 1.80. The molecular formula is C16H17ClN2O2. The molecule has 0 heterocycles. The number of hydrogen-bond donors (Lipinski definition) is 2. The standard InChI is InChI=1S/C16H17ClN2O2/c1-11-9-14(5-6-15(11)18)21-8-7-19-16(20)12-3-2-4-13(17)10-12/h2-6,9-10H,7-8,18H2,1H3,(H,19,20). The van der Waals surface area contributed by atoms with Crippen molar-refractivity contribution in [1.82, 2.24) is 5.32 Å². The molecule has 0 aliphatic rings. The van der Waals surface area contributed by atoms with Gasteiger partial charge in [0, 0.05) is 16.3 Å². The maximum atomic E-state index is 11.9. The first-order valence-electron chi connectivity index (χ1n) is 6.59. The van der Waals surface area contributed by atoms with E-state index in [9.17, 15) is 4.79 Å². The Balaban J connectivity index is 1.79. The predicted octanol–water partition coefficient (Wildman–Crippen LogP) is 3.04. The van der Waals surface area contributed by atoms with E-state index in [2.05, 4.69) is 5.32 Å². The summed E-state index contributed by atoms with van der Waals surface area (Å²) in [5.41, 5.74) is 7.97. The first kappa shape index (κ1) is 15.2. The molecule has 0 aliphatic heterocycles. The van der Waals surface area contributed by atoms with E-state index in [0.29, 0.717) is 23.7 Å². The van der Waals surface area contributed by atoms with Crippen LogP contribution >= 0.6 is 11.6 Å². The van der Waals surface area contributed by atoms with E-state index >= 15 is 0 Å². The Morgan fingerprint density at radius 2 is 2.10 bits per heavy atom. The zero-order valence-corrected chi connectivity index (χ0v) is 12.5. The number of ether oxygens (including phenoxy) is 1. The van der Waals surface area contributed by atoms with Crippen molar-refractivity contribution < 1.29 is 9.53 Å². The van der Waals surface area contributed by atoms with Gasteiger partial charge in [0.15, 0.2) is 0 Å². The number of carbonyl (C=O) groups excluding carboxylic acids is 1. The van der Waals surface area contributed by atoms with Gasteiger partial charge in [-0.1, -0.05) is 17.7 Å². The highest BCUT2D eigenvalue weighted by molar-refractivity contribution is 6.30. The summed E-state index contributed by atoms with van der Waals surface area (Å²) in [7, 11) is 0. The minimum absolute atomic E-state index is 0.172. The van der Waals surface area contributed by atoms with Crippen molar-refractivity contribution in [2.75, 3.05) is 18.9 Å². The second-order valence-electron chi connectivity index (χ2n) is 4.63. The molecule has 4 nitrogen and oxygen atoms in total. The molecule has 0 fully saturated rings. The van der Waals surface area contributed by atoms with Crippen LogP contribution in [0.5, 0.6) is 5.75 Å². The van der Waals surface area contributed by atoms with Crippen molar-refractivity contribution in [3.8, 4) is 5.75 Å². The first-order valence-corrected chi connectivity index (χ1v) is 6.97. The van der Waals surface area contributed by atoms with Crippen LogP contribution in [-0.4, -0.2) is 19.1 Å². The van der Waals surface area contributed by atoms with Gasteiger partial charge >= 0.3 is 0 Å². The lowest BCUT2D eigenvalue weighted by Gasteiger charge is -2.09. The highest BCUT2D eigenvalue weighted by Crippen LogP contribution is 2.18. The summed E-state index contributed by atoms with van der Waals surface area (Å²) < 4.78 is 5.56. The monoisotopic (exact) mass is 304 g/mol. The Bertz CT molecular complexity index is 644. The number of nitrogen functional groups attached to an aromatic ring is 1. The Morgan fingerprint density at radius 3 is 2.81 bits per heavy atom. The Labute approximate surface area is 128 Å². The minimum atomic E-state index is -0.172. The van der Waals surface area contributed by atoms with Gasteiger partial charge in [0.05, 0.1) is 6.54 Å². The third-order valence-corrected chi connectivity index (χ3v) is 3.22. The van der Waals surface area contributed by atoms with E-state index in [1.54, 1.807) is 36.4 Å². The van der Waals surface area contributed by atoms with Crippen LogP contribution in [0, 0.1) is 6.92 Å². The molecule has 3 N–H and O–H groups in total. The van der Waals surface area contributed by atoms with Gasteiger partial charge in [-0.2, -0.15) is 0 Å². The topological polar surface area (TPSA) is 64.3 Å². The molecule has 2 aromatic rings.